The number of benzene rings is 2. The molecule has 0 heterocycles. The van der Waals surface area contributed by atoms with Gasteiger partial charge in [0.2, 0.25) is 0 Å². The highest BCUT2D eigenvalue weighted by molar-refractivity contribution is 5.45. The van der Waals surface area contributed by atoms with Gasteiger partial charge in [0.25, 0.3) is 0 Å². The van der Waals surface area contributed by atoms with Crippen molar-refractivity contribution in [3.05, 3.63) is 65.0 Å². The molecular formula is C14H12F3N. The van der Waals surface area contributed by atoms with Crippen molar-refractivity contribution in [1.29, 1.82) is 0 Å². The maximum absolute atomic E-state index is 13.4. The van der Waals surface area contributed by atoms with Gasteiger partial charge in [0.1, 0.15) is 17.5 Å². The fourth-order valence-corrected chi connectivity index (χ4v) is 1.66. The molecule has 0 aliphatic carbocycles. The topological polar surface area (TPSA) is 12.0 Å². The Morgan fingerprint density at radius 2 is 1.67 bits per heavy atom. The van der Waals surface area contributed by atoms with Gasteiger partial charge < -0.3 is 5.32 Å². The van der Waals surface area contributed by atoms with E-state index in [0.29, 0.717) is 5.56 Å². The summed E-state index contributed by atoms with van der Waals surface area (Å²) in [5.74, 6) is -1.47. The predicted octanol–water partition coefficient (Wildman–Crippen LogP) is 4.02. The zero-order valence-electron chi connectivity index (χ0n) is 9.81. The average molecular weight is 251 g/mol. The van der Waals surface area contributed by atoms with Gasteiger partial charge in [-0.15, -0.1) is 0 Å². The summed E-state index contributed by atoms with van der Waals surface area (Å²) in [4.78, 5) is 0. The quantitative estimate of drug-likeness (QED) is 0.868. The lowest BCUT2D eigenvalue weighted by Crippen LogP contribution is -2.04. The second kappa shape index (κ2) is 5.12. The van der Waals surface area contributed by atoms with E-state index in [4.69, 9.17) is 0 Å². The molecule has 2 rings (SSSR count). The summed E-state index contributed by atoms with van der Waals surface area (Å²) < 4.78 is 39.7. The average Bonchev–Trinajstić information content (AvgIpc) is 2.34. The molecule has 2 aromatic carbocycles. The second-order valence-corrected chi connectivity index (χ2v) is 4.07. The van der Waals surface area contributed by atoms with Crippen molar-refractivity contribution in [2.75, 3.05) is 5.32 Å². The first-order valence-corrected chi connectivity index (χ1v) is 5.50. The molecule has 2 aromatic rings. The van der Waals surface area contributed by atoms with Gasteiger partial charge in [-0.2, -0.15) is 0 Å². The highest BCUT2D eigenvalue weighted by Gasteiger charge is 2.06. The predicted molar refractivity (Wildman–Crippen MR) is 64.8 cm³/mol. The molecule has 0 saturated heterocycles. The van der Waals surface area contributed by atoms with E-state index in [1.54, 1.807) is 12.1 Å². The van der Waals surface area contributed by atoms with Crippen LogP contribution in [-0.4, -0.2) is 0 Å². The summed E-state index contributed by atoms with van der Waals surface area (Å²) in [5, 5.41) is 2.68. The summed E-state index contributed by atoms with van der Waals surface area (Å²) in [6.07, 6.45) is 0. The Labute approximate surface area is 103 Å². The fourth-order valence-electron chi connectivity index (χ4n) is 1.66. The van der Waals surface area contributed by atoms with Crippen LogP contribution in [0.5, 0.6) is 0 Å². The Morgan fingerprint density at radius 3 is 2.44 bits per heavy atom. The highest BCUT2D eigenvalue weighted by atomic mass is 19.1. The van der Waals surface area contributed by atoms with E-state index in [1.807, 2.05) is 6.92 Å². The van der Waals surface area contributed by atoms with Gasteiger partial charge in [0.05, 0.1) is 5.69 Å². The molecule has 0 bridgehead atoms. The molecule has 0 aliphatic heterocycles. The molecule has 1 N–H and O–H groups in total. The smallest absolute Gasteiger partial charge is 0.146 e. The van der Waals surface area contributed by atoms with Crippen molar-refractivity contribution in [3.63, 3.8) is 0 Å². The number of anilines is 1. The first kappa shape index (κ1) is 12.5. The van der Waals surface area contributed by atoms with Crippen LogP contribution < -0.4 is 5.32 Å². The zero-order chi connectivity index (χ0) is 13.1. The first-order chi connectivity index (χ1) is 8.56. The molecule has 0 fully saturated rings. The third kappa shape index (κ3) is 2.83. The third-order valence-corrected chi connectivity index (χ3v) is 2.60. The van der Waals surface area contributed by atoms with E-state index >= 15 is 0 Å². The van der Waals surface area contributed by atoms with E-state index in [1.165, 1.54) is 6.07 Å². The Bertz CT molecular complexity index is 515. The Kier molecular flexibility index (Phi) is 3.55. The van der Waals surface area contributed by atoms with Gasteiger partial charge >= 0.3 is 0 Å². The summed E-state index contributed by atoms with van der Waals surface area (Å²) in [7, 11) is 0. The number of halogens is 3. The van der Waals surface area contributed by atoms with Crippen LogP contribution in [0.4, 0.5) is 18.9 Å². The van der Waals surface area contributed by atoms with Gasteiger partial charge in [-0.25, -0.2) is 13.2 Å². The number of nitrogens with one attached hydrogen (secondary N) is 1. The number of hydrogen-bond donors (Lipinski definition) is 1. The SMILES string of the molecule is Cc1ccc(F)c(CNc2cc(F)ccc2F)c1. The second-order valence-electron chi connectivity index (χ2n) is 4.07. The maximum Gasteiger partial charge on any atom is 0.146 e. The largest absolute Gasteiger partial charge is 0.378 e. The first-order valence-electron chi connectivity index (χ1n) is 5.50. The van der Waals surface area contributed by atoms with E-state index in [2.05, 4.69) is 5.32 Å². The Balaban J connectivity index is 2.16. The van der Waals surface area contributed by atoms with Crippen molar-refractivity contribution < 1.29 is 13.2 Å². The number of hydrogen-bond acceptors (Lipinski definition) is 1. The van der Waals surface area contributed by atoms with Crippen molar-refractivity contribution >= 4 is 5.69 Å². The van der Waals surface area contributed by atoms with Crippen molar-refractivity contribution in [2.24, 2.45) is 0 Å². The van der Waals surface area contributed by atoms with E-state index in [9.17, 15) is 13.2 Å². The monoisotopic (exact) mass is 251 g/mol. The lowest BCUT2D eigenvalue weighted by atomic mass is 10.1. The minimum atomic E-state index is -0.565. The van der Waals surface area contributed by atoms with Crippen molar-refractivity contribution in [1.82, 2.24) is 0 Å². The molecule has 0 radical (unpaired) electrons. The molecule has 0 atom stereocenters. The molecule has 4 heteroatoms. The summed E-state index contributed by atoms with van der Waals surface area (Å²) >= 11 is 0. The Morgan fingerprint density at radius 1 is 0.944 bits per heavy atom. The standard InChI is InChI=1S/C14H12F3N/c1-9-2-4-12(16)10(6-9)8-18-14-7-11(15)3-5-13(14)17/h2-7,18H,8H2,1H3. The molecular weight excluding hydrogens is 239 g/mol. The lowest BCUT2D eigenvalue weighted by Gasteiger charge is -2.09. The molecule has 0 amide bonds. The van der Waals surface area contributed by atoms with E-state index in [-0.39, 0.29) is 18.0 Å². The maximum atomic E-state index is 13.4. The van der Waals surface area contributed by atoms with Crippen LogP contribution in [0.25, 0.3) is 0 Å². The molecule has 0 saturated carbocycles. The van der Waals surface area contributed by atoms with E-state index < -0.39 is 11.6 Å². The van der Waals surface area contributed by atoms with Crippen LogP contribution in [-0.2, 0) is 6.54 Å². The minimum absolute atomic E-state index is 0.0240. The van der Waals surface area contributed by atoms with Gasteiger partial charge in [-0.3, -0.25) is 0 Å². The summed E-state index contributed by atoms with van der Waals surface area (Å²) in [6, 6.07) is 7.79. The van der Waals surface area contributed by atoms with E-state index in [0.717, 1.165) is 23.8 Å². The fraction of sp³-hybridized carbons (Fsp3) is 0.143. The highest BCUT2D eigenvalue weighted by Crippen LogP contribution is 2.17. The summed E-state index contributed by atoms with van der Waals surface area (Å²) in [5.41, 5.74) is 1.35. The van der Waals surface area contributed by atoms with Gasteiger partial charge in [-0.1, -0.05) is 17.7 Å². The number of aryl methyl sites for hydroxylation is 1. The normalized spacial score (nSPS) is 10.4. The van der Waals surface area contributed by atoms with Gasteiger partial charge in [0, 0.05) is 12.1 Å². The van der Waals surface area contributed by atoms with Crippen molar-refractivity contribution in [2.45, 2.75) is 13.5 Å². The van der Waals surface area contributed by atoms with Crippen LogP contribution in [0.3, 0.4) is 0 Å². The van der Waals surface area contributed by atoms with Crippen LogP contribution >= 0.6 is 0 Å². The van der Waals surface area contributed by atoms with Crippen LogP contribution in [0.1, 0.15) is 11.1 Å². The minimum Gasteiger partial charge on any atom is -0.378 e. The number of rotatable bonds is 3. The molecule has 0 unspecified atom stereocenters. The van der Waals surface area contributed by atoms with Crippen LogP contribution in [0.15, 0.2) is 36.4 Å². The molecule has 0 spiro atoms. The molecule has 0 aromatic heterocycles. The van der Waals surface area contributed by atoms with Crippen molar-refractivity contribution in [3.8, 4) is 0 Å². The van der Waals surface area contributed by atoms with Gasteiger partial charge in [0.15, 0.2) is 0 Å². The lowest BCUT2D eigenvalue weighted by molar-refractivity contribution is 0.599. The van der Waals surface area contributed by atoms with Crippen LogP contribution in [0.2, 0.25) is 0 Å². The molecule has 0 aliphatic rings. The molecule has 18 heavy (non-hydrogen) atoms. The Hall–Kier alpha value is -1.97. The third-order valence-electron chi connectivity index (χ3n) is 2.60. The summed E-state index contributed by atoms with van der Waals surface area (Å²) in [6.45, 7) is 1.94. The zero-order valence-corrected chi connectivity index (χ0v) is 9.81. The molecule has 1 nitrogen and oxygen atoms in total. The van der Waals surface area contributed by atoms with Crippen LogP contribution in [0, 0.1) is 24.4 Å². The van der Waals surface area contributed by atoms with Gasteiger partial charge in [-0.05, 0) is 31.2 Å². The molecule has 94 valence electrons.